The lowest BCUT2D eigenvalue weighted by Crippen LogP contribution is -2.39. The second-order valence-electron chi connectivity index (χ2n) is 6.88. The number of carbonyl (C=O) groups excluding carboxylic acids is 1. The van der Waals surface area contributed by atoms with Gasteiger partial charge < -0.3 is 4.74 Å². The fourth-order valence-electron chi connectivity index (χ4n) is 2.88. The fraction of sp³-hybridized carbons (Fsp3) is 0.130. The number of ether oxygens (including phenoxy) is 1. The molecule has 0 fully saturated rings. The molecule has 1 amide bonds. The van der Waals surface area contributed by atoms with E-state index in [-0.39, 0.29) is 20.6 Å². The van der Waals surface area contributed by atoms with Crippen molar-refractivity contribution in [2.75, 3.05) is 18.0 Å². The zero-order chi connectivity index (χ0) is 24.0. The second kappa shape index (κ2) is 10.7. The molecule has 0 bridgehead atoms. The molecule has 10 heteroatoms. The van der Waals surface area contributed by atoms with Crippen molar-refractivity contribution in [3.63, 3.8) is 0 Å². The minimum Gasteiger partial charge on any atom is -0.497 e. The van der Waals surface area contributed by atoms with Gasteiger partial charge in [0.25, 0.3) is 15.9 Å². The third kappa shape index (κ3) is 6.04. The molecule has 0 aliphatic heterocycles. The zero-order valence-corrected chi connectivity index (χ0v) is 20.2. The van der Waals surface area contributed by atoms with Crippen LogP contribution < -0.4 is 14.5 Å². The Morgan fingerprint density at radius 2 is 1.67 bits per heavy atom. The molecule has 33 heavy (non-hydrogen) atoms. The molecule has 0 radical (unpaired) electrons. The lowest BCUT2D eigenvalue weighted by Gasteiger charge is -2.24. The molecule has 3 rings (SSSR count). The van der Waals surface area contributed by atoms with E-state index >= 15 is 0 Å². The third-order valence-electron chi connectivity index (χ3n) is 4.67. The van der Waals surface area contributed by atoms with Crippen molar-refractivity contribution in [2.45, 2.75) is 11.8 Å². The van der Waals surface area contributed by atoms with Gasteiger partial charge in [0.1, 0.15) is 12.3 Å². The molecule has 0 aliphatic rings. The van der Waals surface area contributed by atoms with E-state index in [1.54, 1.807) is 56.5 Å². The van der Waals surface area contributed by atoms with Crippen LogP contribution >= 0.6 is 23.2 Å². The number of hydrazone groups is 1. The van der Waals surface area contributed by atoms with Gasteiger partial charge in [-0.2, -0.15) is 5.10 Å². The van der Waals surface area contributed by atoms with E-state index in [4.69, 9.17) is 27.9 Å². The number of hydrogen-bond acceptors (Lipinski definition) is 5. The van der Waals surface area contributed by atoms with Crippen LogP contribution in [0.5, 0.6) is 5.75 Å². The van der Waals surface area contributed by atoms with Crippen molar-refractivity contribution in [2.24, 2.45) is 5.10 Å². The maximum absolute atomic E-state index is 13.3. The summed E-state index contributed by atoms with van der Waals surface area (Å²) in [6.07, 6.45) is 0. The summed E-state index contributed by atoms with van der Waals surface area (Å²) >= 11 is 12.1. The van der Waals surface area contributed by atoms with Gasteiger partial charge in [-0.25, -0.2) is 13.8 Å². The minimum absolute atomic E-state index is 0.0294. The Morgan fingerprint density at radius 1 is 1.00 bits per heavy atom. The van der Waals surface area contributed by atoms with Crippen molar-refractivity contribution in [1.29, 1.82) is 0 Å². The van der Waals surface area contributed by atoms with E-state index in [0.717, 1.165) is 9.87 Å². The highest BCUT2D eigenvalue weighted by atomic mass is 35.5. The number of amides is 1. The normalized spacial score (nSPS) is 11.7. The van der Waals surface area contributed by atoms with Crippen LogP contribution in [0.3, 0.4) is 0 Å². The van der Waals surface area contributed by atoms with E-state index in [1.165, 1.54) is 30.3 Å². The average Bonchev–Trinajstić information content (AvgIpc) is 2.83. The number of methoxy groups -OCH3 is 1. The first-order valence-electron chi connectivity index (χ1n) is 9.73. The van der Waals surface area contributed by atoms with Crippen LogP contribution in [0.25, 0.3) is 0 Å². The Kier molecular flexibility index (Phi) is 7.97. The quantitative estimate of drug-likeness (QED) is 0.353. The van der Waals surface area contributed by atoms with Gasteiger partial charge >= 0.3 is 0 Å². The summed E-state index contributed by atoms with van der Waals surface area (Å²) in [5, 5.41) is 4.52. The van der Waals surface area contributed by atoms with Crippen LogP contribution in [0, 0.1) is 0 Å². The number of carbonyl (C=O) groups is 1. The molecule has 3 aromatic rings. The summed E-state index contributed by atoms with van der Waals surface area (Å²) in [7, 11) is -2.50. The fourth-order valence-corrected chi connectivity index (χ4v) is 4.61. The molecular formula is C23H21Cl2N3O4S. The standard InChI is InChI=1S/C23H21Cl2N3O4S/c1-16(17-8-11-19(32-2)12-9-17)26-27-23(29)15-28(18-10-13-21(24)22(25)14-18)33(30,31)20-6-4-3-5-7-20/h3-14H,15H2,1-2H3,(H,27,29)/b26-16-. The number of anilines is 1. The molecule has 172 valence electrons. The van der Waals surface area contributed by atoms with Crippen molar-refractivity contribution < 1.29 is 17.9 Å². The maximum Gasteiger partial charge on any atom is 0.264 e. The molecule has 0 saturated heterocycles. The van der Waals surface area contributed by atoms with Crippen LogP contribution in [0.15, 0.2) is 82.8 Å². The average molecular weight is 506 g/mol. The van der Waals surface area contributed by atoms with Gasteiger partial charge in [-0.05, 0) is 67.1 Å². The summed E-state index contributed by atoms with van der Waals surface area (Å²) in [5.74, 6) is 0.0624. The molecule has 0 saturated carbocycles. The van der Waals surface area contributed by atoms with Crippen molar-refractivity contribution in [1.82, 2.24) is 5.43 Å². The molecule has 0 unspecified atom stereocenters. The predicted molar refractivity (Wildman–Crippen MR) is 131 cm³/mol. The molecule has 3 aromatic carbocycles. The predicted octanol–water partition coefficient (Wildman–Crippen LogP) is 4.74. The topological polar surface area (TPSA) is 88.1 Å². The van der Waals surface area contributed by atoms with Gasteiger partial charge in [0, 0.05) is 0 Å². The Balaban J connectivity index is 1.86. The van der Waals surface area contributed by atoms with Crippen molar-refractivity contribution in [3.8, 4) is 5.75 Å². The first kappa shape index (κ1) is 24.6. The van der Waals surface area contributed by atoms with E-state index in [2.05, 4.69) is 10.5 Å². The van der Waals surface area contributed by atoms with Crippen LogP contribution in [0.1, 0.15) is 12.5 Å². The Labute approximate surface area is 202 Å². The van der Waals surface area contributed by atoms with Crippen LogP contribution in [0.2, 0.25) is 10.0 Å². The number of nitrogens with one attached hydrogen (secondary N) is 1. The van der Waals surface area contributed by atoms with Gasteiger partial charge in [-0.15, -0.1) is 0 Å². The largest absolute Gasteiger partial charge is 0.497 e. The SMILES string of the molecule is COc1ccc(/C(C)=N\NC(=O)CN(c2ccc(Cl)c(Cl)c2)S(=O)(=O)c2ccccc2)cc1. The number of hydrogen-bond donors (Lipinski definition) is 1. The molecule has 0 aliphatic carbocycles. The Hall–Kier alpha value is -3.07. The number of nitrogens with zero attached hydrogens (tertiary/aromatic N) is 2. The van der Waals surface area contributed by atoms with Crippen molar-refractivity contribution in [3.05, 3.63) is 88.4 Å². The highest BCUT2D eigenvalue weighted by Gasteiger charge is 2.27. The van der Waals surface area contributed by atoms with E-state index < -0.39 is 22.5 Å². The van der Waals surface area contributed by atoms with Gasteiger partial charge in [-0.1, -0.05) is 41.4 Å². The molecular weight excluding hydrogens is 485 g/mol. The van der Waals surface area contributed by atoms with Gasteiger partial charge in [0.15, 0.2) is 0 Å². The van der Waals surface area contributed by atoms with Crippen LogP contribution in [0.4, 0.5) is 5.69 Å². The number of sulfonamides is 1. The molecule has 0 atom stereocenters. The first-order valence-corrected chi connectivity index (χ1v) is 11.9. The lowest BCUT2D eigenvalue weighted by atomic mass is 10.1. The minimum atomic E-state index is -4.07. The Bertz CT molecular complexity index is 1260. The molecule has 7 nitrogen and oxygen atoms in total. The van der Waals surface area contributed by atoms with Gasteiger partial charge in [0.05, 0.1) is 33.4 Å². The highest BCUT2D eigenvalue weighted by Crippen LogP contribution is 2.30. The molecule has 0 aromatic heterocycles. The third-order valence-corrected chi connectivity index (χ3v) is 7.19. The van der Waals surface area contributed by atoms with Gasteiger partial charge in [-0.3, -0.25) is 9.10 Å². The second-order valence-corrected chi connectivity index (χ2v) is 9.56. The Morgan fingerprint density at radius 3 is 2.27 bits per heavy atom. The molecule has 0 spiro atoms. The number of halogens is 2. The summed E-state index contributed by atoms with van der Waals surface area (Å²) in [6, 6.07) is 19.3. The van der Waals surface area contributed by atoms with Crippen molar-refractivity contribution >= 4 is 50.5 Å². The van der Waals surface area contributed by atoms with E-state index in [1.807, 2.05) is 0 Å². The van der Waals surface area contributed by atoms with Gasteiger partial charge in [0.2, 0.25) is 0 Å². The smallest absolute Gasteiger partial charge is 0.264 e. The lowest BCUT2D eigenvalue weighted by molar-refractivity contribution is -0.119. The molecule has 1 N–H and O–H groups in total. The van der Waals surface area contributed by atoms with Crippen LogP contribution in [-0.4, -0.2) is 33.7 Å². The van der Waals surface area contributed by atoms with Crippen LogP contribution in [-0.2, 0) is 14.8 Å². The zero-order valence-electron chi connectivity index (χ0n) is 17.8. The number of rotatable bonds is 8. The summed E-state index contributed by atoms with van der Waals surface area (Å²) in [4.78, 5) is 12.7. The van der Waals surface area contributed by atoms with E-state index in [0.29, 0.717) is 11.5 Å². The van der Waals surface area contributed by atoms with E-state index in [9.17, 15) is 13.2 Å². The maximum atomic E-state index is 13.3. The molecule has 0 heterocycles. The summed E-state index contributed by atoms with van der Waals surface area (Å²) in [5.41, 5.74) is 3.92. The summed E-state index contributed by atoms with van der Waals surface area (Å²) in [6.45, 7) is 1.20. The summed E-state index contributed by atoms with van der Waals surface area (Å²) < 4.78 is 32.7. The highest BCUT2D eigenvalue weighted by molar-refractivity contribution is 7.92. The monoisotopic (exact) mass is 505 g/mol. The first-order chi connectivity index (χ1) is 15.7. The number of benzene rings is 3.